The van der Waals surface area contributed by atoms with Gasteiger partial charge in [0.15, 0.2) is 5.82 Å². The number of nitrogens with one attached hydrogen (secondary N) is 2. The van der Waals surface area contributed by atoms with Crippen LogP contribution in [0.3, 0.4) is 0 Å². The second kappa shape index (κ2) is 8.37. The zero-order valence-electron chi connectivity index (χ0n) is 14.2. The molecule has 0 spiro atoms. The molecule has 2 aliphatic rings. The van der Waals surface area contributed by atoms with Crippen molar-refractivity contribution < 1.29 is 23.8 Å². The molecule has 3 heterocycles. The molecule has 2 aliphatic heterocycles. The number of nitrogens with zero attached hydrogens (tertiary/aromatic N) is 3. The summed E-state index contributed by atoms with van der Waals surface area (Å²) in [6, 6.07) is -0.717. The van der Waals surface area contributed by atoms with Gasteiger partial charge in [0.25, 0.3) is 0 Å². The summed E-state index contributed by atoms with van der Waals surface area (Å²) >= 11 is 0. The highest BCUT2D eigenvalue weighted by Crippen LogP contribution is 2.23. The monoisotopic (exact) mass is 353 g/mol. The van der Waals surface area contributed by atoms with Crippen LogP contribution in [0.5, 0.6) is 0 Å². The summed E-state index contributed by atoms with van der Waals surface area (Å²) in [5.41, 5.74) is 0. The van der Waals surface area contributed by atoms with Gasteiger partial charge in [0.05, 0.1) is 25.7 Å². The smallest absolute Gasteiger partial charge is 0.245 e. The fraction of sp³-hybridized carbons (Fsp3) is 0.733. The molecule has 0 aromatic carbocycles. The van der Waals surface area contributed by atoms with Crippen molar-refractivity contribution in [2.75, 3.05) is 38.8 Å². The van der Waals surface area contributed by atoms with Crippen molar-refractivity contribution in [3.8, 4) is 0 Å². The van der Waals surface area contributed by atoms with Gasteiger partial charge in [0, 0.05) is 20.3 Å². The molecule has 2 N–H and O–H groups in total. The summed E-state index contributed by atoms with van der Waals surface area (Å²) in [4.78, 5) is 28.6. The molecule has 0 saturated carbocycles. The first-order valence-corrected chi connectivity index (χ1v) is 8.38. The van der Waals surface area contributed by atoms with Gasteiger partial charge in [0.1, 0.15) is 12.6 Å². The molecule has 1 aromatic rings. The Kier molecular flexibility index (Phi) is 5.95. The molecular formula is C15H23N5O5. The fourth-order valence-electron chi connectivity index (χ4n) is 2.82. The number of aromatic nitrogens is 3. The van der Waals surface area contributed by atoms with E-state index in [-0.39, 0.29) is 36.9 Å². The highest BCUT2D eigenvalue weighted by Gasteiger charge is 2.33. The number of hydrogen-bond acceptors (Lipinski definition) is 7. The molecule has 10 heteroatoms. The number of amides is 2. The number of hydrogen-bond donors (Lipinski definition) is 2. The van der Waals surface area contributed by atoms with E-state index in [9.17, 15) is 9.59 Å². The van der Waals surface area contributed by atoms with E-state index in [1.54, 1.807) is 7.11 Å². The Balaban J connectivity index is 1.61. The normalized spacial score (nSPS) is 22.5. The maximum Gasteiger partial charge on any atom is 0.245 e. The average Bonchev–Trinajstić information content (AvgIpc) is 3.25. The largest absolute Gasteiger partial charge is 0.382 e. The topological polar surface area (TPSA) is 117 Å². The van der Waals surface area contributed by atoms with Gasteiger partial charge in [-0.15, -0.1) is 0 Å². The molecule has 3 rings (SSSR count). The average molecular weight is 353 g/mol. The number of carbonyl (C=O) groups is 2. The number of ether oxygens (including phenoxy) is 3. The standard InChI is InChI=1S/C15H23N5O5/c1-23-5-6-24-9-12-17-15-18-13(21)7-11(20(15)19-12)14(22)16-8-10-3-2-4-25-10/h10-11H,2-9H2,1H3,(H,16,22)(H,17,18,19,21)/t10-,11+/m0/s1. The van der Waals surface area contributed by atoms with Crippen molar-refractivity contribution >= 4 is 17.8 Å². The number of fused-ring (bicyclic) bond motifs is 1. The van der Waals surface area contributed by atoms with Gasteiger partial charge >= 0.3 is 0 Å². The van der Waals surface area contributed by atoms with Crippen molar-refractivity contribution in [2.45, 2.75) is 38.0 Å². The van der Waals surface area contributed by atoms with E-state index >= 15 is 0 Å². The summed E-state index contributed by atoms with van der Waals surface area (Å²) in [6.45, 7) is 2.24. The zero-order chi connectivity index (χ0) is 17.6. The van der Waals surface area contributed by atoms with Crippen LogP contribution in [0, 0.1) is 0 Å². The quantitative estimate of drug-likeness (QED) is 0.612. The molecule has 1 aromatic heterocycles. The van der Waals surface area contributed by atoms with E-state index in [4.69, 9.17) is 14.2 Å². The Labute approximate surface area is 145 Å². The number of carbonyl (C=O) groups excluding carboxylic acids is 2. The molecule has 0 aliphatic carbocycles. The van der Waals surface area contributed by atoms with Gasteiger partial charge in [-0.1, -0.05) is 0 Å². The van der Waals surface area contributed by atoms with Crippen molar-refractivity contribution in [3.05, 3.63) is 5.82 Å². The molecule has 0 unspecified atom stereocenters. The zero-order valence-corrected chi connectivity index (χ0v) is 14.2. The van der Waals surface area contributed by atoms with Crippen molar-refractivity contribution in [1.29, 1.82) is 0 Å². The minimum atomic E-state index is -0.717. The molecule has 1 saturated heterocycles. The maximum atomic E-state index is 12.5. The molecule has 138 valence electrons. The number of anilines is 1. The fourth-order valence-corrected chi connectivity index (χ4v) is 2.82. The predicted molar refractivity (Wildman–Crippen MR) is 85.8 cm³/mol. The summed E-state index contributed by atoms with van der Waals surface area (Å²) in [7, 11) is 1.59. The van der Waals surface area contributed by atoms with E-state index in [1.807, 2.05) is 0 Å². The molecular weight excluding hydrogens is 330 g/mol. The van der Waals surface area contributed by atoms with E-state index in [1.165, 1.54) is 4.68 Å². The van der Waals surface area contributed by atoms with E-state index in [0.29, 0.717) is 25.6 Å². The Morgan fingerprint density at radius 1 is 1.48 bits per heavy atom. The van der Waals surface area contributed by atoms with Crippen LogP contribution in [0.15, 0.2) is 0 Å². The Hall–Kier alpha value is -2.04. The highest BCUT2D eigenvalue weighted by atomic mass is 16.5. The van der Waals surface area contributed by atoms with E-state index < -0.39 is 6.04 Å². The Morgan fingerprint density at radius 3 is 3.12 bits per heavy atom. The summed E-state index contributed by atoms with van der Waals surface area (Å²) < 4.78 is 17.2. The third kappa shape index (κ3) is 4.53. The lowest BCUT2D eigenvalue weighted by Gasteiger charge is -2.23. The maximum absolute atomic E-state index is 12.5. The van der Waals surface area contributed by atoms with Gasteiger partial charge in [-0.3, -0.25) is 14.9 Å². The third-order valence-corrected chi connectivity index (χ3v) is 4.09. The molecule has 2 amide bonds. The SMILES string of the molecule is COCCOCc1nc2n(n1)[C@@H](C(=O)NC[C@@H]1CCCO1)CC(=O)N2. The van der Waals surface area contributed by atoms with Crippen LogP contribution >= 0.6 is 0 Å². The highest BCUT2D eigenvalue weighted by molar-refractivity contribution is 5.96. The molecule has 2 atom stereocenters. The number of methoxy groups -OCH3 is 1. The predicted octanol–water partition coefficient (Wildman–Crippen LogP) is -0.380. The number of rotatable bonds is 8. The minimum absolute atomic E-state index is 0.0255. The second-order valence-corrected chi connectivity index (χ2v) is 5.99. The van der Waals surface area contributed by atoms with Crippen LogP contribution in [-0.2, 0) is 30.4 Å². The van der Waals surface area contributed by atoms with E-state index in [2.05, 4.69) is 20.7 Å². The first kappa shape index (κ1) is 17.8. The third-order valence-electron chi connectivity index (χ3n) is 4.09. The lowest BCUT2D eigenvalue weighted by atomic mass is 10.1. The van der Waals surface area contributed by atoms with E-state index in [0.717, 1.165) is 19.4 Å². The van der Waals surface area contributed by atoms with Crippen LogP contribution in [0.1, 0.15) is 31.1 Å². The van der Waals surface area contributed by atoms with Gasteiger partial charge in [-0.2, -0.15) is 10.1 Å². The summed E-state index contributed by atoms with van der Waals surface area (Å²) in [6.07, 6.45) is 2.01. The van der Waals surface area contributed by atoms with Gasteiger partial charge in [-0.25, -0.2) is 4.68 Å². The Morgan fingerprint density at radius 2 is 2.36 bits per heavy atom. The summed E-state index contributed by atoms with van der Waals surface area (Å²) in [5.74, 6) is 0.149. The van der Waals surface area contributed by atoms with Gasteiger partial charge in [0.2, 0.25) is 17.8 Å². The van der Waals surface area contributed by atoms with Crippen molar-refractivity contribution in [2.24, 2.45) is 0 Å². The molecule has 25 heavy (non-hydrogen) atoms. The minimum Gasteiger partial charge on any atom is -0.382 e. The van der Waals surface area contributed by atoms with Crippen LogP contribution in [-0.4, -0.2) is 66.2 Å². The van der Waals surface area contributed by atoms with Gasteiger partial charge < -0.3 is 19.5 Å². The molecule has 0 bridgehead atoms. The molecule has 1 fully saturated rings. The molecule has 0 radical (unpaired) electrons. The second-order valence-electron chi connectivity index (χ2n) is 5.99. The first-order valence-electron chi connectivity index (χ1n) is 8.38. The summed E-state index contributed by atoms with van der Waals surface area (Å²) in [5, 5.41) is 9.77. The van der Waals surface area contributed by atoms with Crippen molar-refractivity contribution in [3.63, 3.8) is 0 Å². The van der Waals surface area contributed by atoms with Crippen LogP contribution in [0.25, 0.3) is 0 Å². The van der Waals surface area contributed by atoms with Crippen LogP contribution in [0.4, 0.5) is 5.95 Å². The molecule has 10 nitrogen and oxygen atoms in total. The lowest BCUT2D eigenvalue weighted by Crippen LogP contribution is -2.41. The lowest BCUT2D eigenvalue weighted by molar-refractivity contribution is -0.129. The van der Waals surface area contributed by atoms with Gasteiger partial charge in [-0.05, 0) is 12.8 Å². The van der Waals surface area contributed by atoms with Crippen molar-refractivity contribution in [1.82, 2.24) is 20.1 Å². The Bertz CT molecular complexity index is 613. The first-order chi connectivity index (χ1) is 12.2. The van der Waals surface area contributed by atoms with Crippen LogP contribution in [0.2, 0.25) is 0 Å². The van der Waals surface area contributed by atoms with Crippen LogP contribution < -0.4 is 10.6 Å².